The third kappa shape index (κ3) is 2.98. The van der Waals surface area contributed by atoms with E-state index in [4.69, 9.17) is 9.26 Å². The first-order valence-corrected chi connectivity index (χ1v) is 8.08. The molecule has 3 aromatic rings. The van der Waals surface area contributed by atoms with E-state index in [0.717, 1.165) is 17.0 Å². The van der Waals surface area contributed by atoms with Crippen molar-refractivity contribution in [3.05, 3.63) is 60.4 Å². The summed E-state index contributed by atoms with van der Waals surface area (Å²) in [6.45, 7) is 0.560. The molecule has 4 rings (SSSR count). The highest BCUT2D eigenvalue weighted by molar-refractivity contribution is 5.96. The summed E-state index contributed by atoms with van der Waals surface area (Å²) in [7, 11) is 1.62. The van der Waals surface area contributed by atoms with Gasteiger partial charge in [-0.25, -0.2) is 0 Å². The van der Waals surface area contributed by atoms with Gasteiger partial charge in [0.1, 0.15) is 5.75 Å². The van der Waals surface area contributed by atoms with E-state index in [0.29, 0.717) is 24.7 Å². The summed E-state index contributed by atoms with van der Waals surface area (Å²) in [4.78, 5) is 18.6. The lowest BCUT2D eigenvalue weighted by atomic mass is 10.1. The summed E-state index contributed by atoms with van der Waals surface area (Å²) < 4.78 is 10.5. The van der Waals surface area contributed by atoms with Crippen LogP contribution in [-0.2, 0) is 4.79 Å². The molecule has 1 aliphatic heterocycles. The van der Waals surface area contributed by atoms with Gasteiger partial charge in [-0.15, -0.1) is 0 Å². The lowest BCUT2D eigenvalue weighted by Gasteiger charge is -2.15. The van der Waals surface area contributed by atoms with Crippen molar-refractivity contribution in [1.29, 1.82) is 0 Å². The maximum Gasteiger partial charge on any atom is 0.257 e. The minimum atomic E-state index is -0.0662. The topological polar surface area (TPSA) is 68.5 Å². The largest absolute Gasteiger partial charge is 0.497 e. The first-order chi connectivity index (χ1) is 12.2. The number of methoxy groups -OCH3 is 1. The molecule has 126 valence electrons. The van der Waals surface area contributed by atoms with Crippen LogP contribution < -0.4 is 9.64 Å². The molecule has 1 fully saturated rings. The summed E-state index contributed by atoms with van der Waals surface area (Å²) in [5.41, 5.74) is 1.72. The molecule has 1 atom stereocenters. The number of para-hydroxylation sites is 1. The van der Waals surface area contributed by atoms with Crippen LogP contribution in [0.2, 0.25) is 0 Å². The molecule has 0 spiro atoms. The molecule has 25 heavy (non-hydrogen) atoms. The van der Waals surface area contributed by atoms with Crippen LogP contribution in [0.3, 0.4) is 0 Å². The predicted molar refractivity (Wildman–Crippen MR) is 92.4 cm³/mol. The van der Waals surface area contributed by atoms with E-state index in [-0.39, 0.29) is 11.8 Å². The molecule has 1 aliphatic rings. The van der Waals surface area contributed by atoms with E-state index in [9.17, 15) is 4.79 Å². The fourth-order valence-electron chi connectivity index (χ4n) is 2.99. The maximum atomic E-state index is 12.3. The van der Waals surface area contributed by atoms with Crippen molar-refractivity contribution in [2.24, 2.45) is 0 Å². The highest BCUT2D eigenvalue weighted by Crippen LogP contribution is 2.31. The third-order valence-electron chi connectivity index (χ3n) is 4.34. The number of hydrogen-bond acceptors (Lipinski definition) is 5. The van der Waals surface area contributed by atoms with Crippen molar-refractivity contribution >= 4 is 11.6 Å². The Morgan fingerprint density at radius 3 is 2.60 bits per heavy atom. The van der Waals surface area contributed by atoms with Crippen LogP contribution in [0.25, 0.3) is 11.5 Å². The SMILES string of the molecule is COc1ccc(-c2nc([C@H]3CC(=O)N(c4ccccc4)C3)no2)cc1. The van der Waals surface area contributed by atoms with Crippen molar-refractivity contribution < 1.29 is 14.1 Å². The van der Waals surface area contributed by atoms with Gasteiger partial charge in [-0.3, -0.25) is 4.79 Å². The number of carbonyl (C=O) groups is 1. The molecule has 1 saturated heterocycles. The second kappa shape index (κ2) is 6.39. The molecule has 0 bridgehead atoms. The molecule has 0 aliphatic carbocycles. The van der Waals surface area contributed by atoms with E-state index in [1.165, 1.54) is 0 Å². The lowest BCUT2D eigenvalue weighted by molar-refractivity contribution is -0.117. The number of rotatable bonds is 4. The first kappa shape index (κ1) is 15.4. The van der Waals surface area contributed by atoms with Crippen molar-refractivity contribution in [3.8, 4) is 17.2 Å². The Morgan fingerprint density at radius 1 is 1.12 bits per heavy atom. The van der Waals surface area contributed by atoms with E-state index < -0.39 is 0 Å². The molecule has 0 unspecified atom stereocenters. The van der Waals surface area contributed by atoms with Gasteiger partial charge in [-0.05, 0) is 36.4 Å². The van der Waals surface area contributed by atoms with Gasteiger partial charge < -0.3 is 14.2 Å². The van der Waals surface area contributed by atoms with Crippen molar-refractivity contribution in [1.82, 2.24) is 10.1 Å². The van der Waals surface area contributed by atoms with Crippen LogP contribution in [0.15, 0.2) is 59.1 Å². The fourth-order valence-corrected chi connectivity index (χ4v) is 2.99. The summed E-state index contributed by atoms with van der Waals surface area (Å²) in [6, 6.07) is 17.1. The van der Waals surface area contributed by atoms with Gasteiger partial charge in [-0.1, -0.05) is 23.4 Å². The molecule has 1 aromatic heterocycles. The average molecular weight is 335 g/mol. The zero-order chi connectivity index (χ0) is 17.2. The van der Waals surface area contributed by atoms with Crippen LogP contribution in [-0.4, -0.2) is 29.7 Å². The van der Waals surface area contributed by atoms with Gasteiger partial charge >= 0.3 is 0 Å². The molecule has 6 nitrogen and oxygen atoms in total. The minimum Gasteiger partial charge on any atom is -0.497 e. The summed E-state index contributed by atoms with van der Waals surface area (Å²) in [5.74, 6) is 1.79. The highest BCUT2D eigenvalue weighted by atomic mass is 16.5. The number of anilines is 1. The number of aromatic nitrogens is 2. The molecular formula is C19H17N3O3. The second-order valence-electron chi connectivity index (χ2n) is 5.93. The van der Waals surface area contributed by atoms with Crippen LogP contribution >= 0.6 is 0 Å². The van der Waals surface area contributed by atoms with Gasteiger partial charge in [0.25, 0.3) is 5.89 Å². The van der Waals surface area contributed by atoms with E-state index in [2.05, 4.69) is 10.1 Å². The van der Waals surface area contributed by atoms with E-state index in [1.807, 2.05) is 54.6 Å². The zero-order valence-electron chi connectivity index (χ0n) is 13.8. The molecule has 0 saturated carbocycles. The van der Waals surface area contributed by atoms with Crippen LogP contribution in [0.1, 0.15) is 18.2 Å². The monoisotopic (exact) mass is 335 g/mol. The van der Waals surface area contributed by atoms with Gasteiger partial charge in [0.05, 0.1) is 7.11 Å². The number of carbonyl (C=O) groups excluding carboxylic acids is 1. The Balaban J connectivity index is 1.53. The summed E-state index contributed by atoms with van der Waals surface area (Å²) >= 11 is 0. The minimum absolute atomic E-state index is 0.0662. The van der Waals surface area contributed by atoms with E-state index in [1.54, 1.807) is 12.0 Å². The maximum absolute atomic E-state index is 12.3. The molecule has 2 aromatic carbocycles. The summed E-state index contributed by atoms with van der Waals surface area (Å²) in [6.07, 6.45) is 0.385. The Bertz CT molecular complexity index is 874. The van der Waals surface area contributed by atoms with Crippen LogP contribution in [0.5, 0.6) is 5.75 Å². The molecular weight excluding hydrogens is 318 g/mol. The van der Waals surface area contributed by atoms with Crippen LogP contribution in [0, 0.1) is 0 Å². The third-order valence-corrected chi connectivity index (χ3v) is 4.34. The summed E-state index contributed by atoms with van der Waals surface area (Å²) in [5, 5.41) is 4.08. The predicted octanol–water partition coefficient (Wildman–Crippen LogP) is 3.27. The van der Waals surface area contributed by atoms with Crippen molar-refractivity contribution in [2.45, 2.75) is 12.3 Å². The van der Waals surface area contributed by atoms with Gasteiger partial charge in [0.2, 0.25) is 5.91 Å². The molecule has 6 heteroatoms. The number of hydrogen-bond donors (Lipinski definition) is 0. The second-order valence-corrected chi connectivity index (χ2v) is 5.93. The Hall–Kier alpha value is -3.15. The van der Waals surface area contributed by atoms with Gasteiger partial charge in [0.15, 0.2) is 5.82 Å². The smallest absolute Gasteiger partial charge is 0.257 e. The zero-order valence-corrected chi connectivity index (χ0v) is 13.8. The van der Waals surface area contributed by atoms with Crippen molar-refractivity contribution in [2.75, 3.05) is 18.6 Å². The number of benzene rings is 2. The van der Waals surface area contributed by atoms with Gasteiger partial charge in [-0.2, -0.15) is 4.98 Å². The highest BCUT2D eigenvalue weighted by Gasteiger charge is 2.34. The average Bonchev–Trinajstić information content (AvgIpc) is 3.29. The molecule has 0 radical (unpaired) electrons. The molecule has 0 N–H and O–H groups in total. The number of amides is 1. The lowest BCUT2D eigenvalue weighted by Crippen LogP contribution is -2.24. The Kier molecular flexibility index (Phi) is 3.93. The molecule has 1 amide bonds. The fraction of sp³-hybridized carbons (Fsp3) is 0.211. The quantitative estimate of drug-likeness (QED) is 0.732. The van der Waals surface area contributed by atoms with Crippen molar-refractivity contribution in [3.63, 3.8) is 0 Å². The van der Waals surface area contributed by atoms with Gasteiger partial charge in [0, 0.05) is 30.1 Å². The van der Waals surface area contributed by atoms with Crippen LogP contribution in [0.4, 0.5) is 5.69 Å². The molecule has 2 heterocycles. The Labute approximate surface area is 145 Å². The first-order valence-electron chi connectivity index (χ1n) is 8.08. The van der Waals surface area contributed by atoms with E-state index >= 15 is 0 Å². The normalized spacial score (nSPS) is 17.1. The number of nitrogens with zero attached hydrogens (tertiary/aromatic N) is 3. The Morgan fingerprint density at radius 2 is 1.88 bits per heavy atom. The number of ether oxygens (including phenoxy) is 1. The standard InChI is InChI=1S/C19H17N3O3/c1-24-16-9-7-13(8-10-16)19-20-18(21-25-19)14-11-17(23)22(12-14)15-5-3-2-4-6-15/h2-10,14H,11-12H2,1H3/t14-/m0/s1.